The summed E-state index contributed by atoms with van der Waals surface area (Å²) in [6.07, 6.45) is 4.40. The molecule has 3 saturated heterocycles. The van der Waals surface area contributed by atoms with Crippen LogP contribution < -0.4 is 9.64 Å². The van der Waals surface area contributed by atoms with Crippen molar-refractivity contribution in [1.82, 2.24) is 19.8 Å². The van der Waals surface area contributed by atoms with Crippen molar-refractivity contribution in [2.24, 2.45) is 0 Å². The molecule has 268 valence electrons. The first-order valence-electron chi connectivity index (χ1n) is 17.5. The Kier molecular flexibility index (Phi) is 13.6. The highest BCUT2D eigenvalue weighted by molar-refractivity contribution is 6.36. The number of hydrogen-bond acceptors (Lipinski definition) is 8. The maximum absolute atomic E-state index is 12.6. The molecule has 0 saturated carbocycles. The van der Waals surface area contributed by atoms with Crippen LogP contribution in [0.5, 0.6) is 5.88 Å². The Balaban J connectivity index is 0.000000335. The number of ether oxygens (including phenoxy) is 2. The zero-order chi connectivity index (χ0) is 36.4. The Morgan fingerprint density at radius 1 is 1.06 bits per heavy atom. The summed E-state index contributed by atoms with van der Waals surface area (Å²) in [5.74, 6) is 0.516. The molecule has 0 N–H and O–H groups in total. The van der Waals surface area contributed by atoms with E-state index in [1.165, 1.54) is 19.8 Å². The van der Waals surface area contributed by atoms with Crippen LogP contribution in [0.25, 0.3) is 32.9 Å². The van der Waals surface area contributed by atoms with Gasteiger partial charge in [-0.15, -0.1) is 0 Å². The molecule has 2 atom stereocenters. The summed E-state index contributed by atoms with van der Waals surface area (Å²) in [7, 11) is 1.61. The molecule has 2 unspecified atom stereocenters. The fraction of sp³-hybridized carbons (Fsp3) is 0.487. The minimum absolute atomic E-state index is 0.282. The first-order chi connectivity index (χ1) is 24.0. The van der Waals surface area contributed by atoms with E-state index in [0.717, 1.165) is 51.6 Å². The normalized spacial score (nSPS) is 18.5. The number of anilines is 1. The van der Waals surface area contributed by atoms with Crippen LogP contribution in [0, 0.1) is 11.3 Å². The van der Waals surface area contributed by atoms with Gasteiger partial charge in [-0.25, -0.2) is 14.2 Å². The minimum atomic E-state index is -0.518. The van der Waals surface area contributed by atoms with Crippen molar-refractivity contribution in [2.75, 3.05) is 51.3 Å². The van der Waals surface area contributed by atoms with Crippen LogP contribution in [0.3, 0.4) is 0 Å². The van der Waals surface area contributed by atoms with Gasteiger partial charge in [0.05, 0.1) is 24.4 Å². The highest BCUT2D eigenvalue weighted by Gasteiger charge is 2.34. The molecule has 3 aliphatic rings. The summed E-state index contributed by atoms with van der Waals surface area (Å²) < 4.78 is 23.7. The molecule has 2 aromatic heterocycles. The molecule has 0 aliphatic carbocycles. The van der Waals surface area contributed by atoms with Crippen LogP contribution in [0.15, 0.2) is 54.7 Å². The number of fused-ring (bicyclic) bond motifs is 3. The number of methoxy groups -OCH3 is 1. The topological polar surface area (TPSA) is 94.8 Å². The van der Waals surface area contributed by atoms with Crippen molar-refractivity contribution in [3.05, 3.63) is 59.8 Å². The Hall–Kier alpha value is -4.20. The molecule has 5 heterocycles. The maximum Gasteiger partial charge on any atom is 0.410 e. The second kappa shape index (κ2) is 17.6. The summed E-state index contributed by atoms with van der Waals surface area (Å²) in [6, 6.07) is 18.3. The lowest BCUT2D eigenvalue weighted by atomic mass is 9.99. The molecule has 0 bridgehead atoms. The van der Waals surface area contributed by atoms with Crippen LogP contribution in [-0.4, -0.2) is 90.1 Å². The third-order valence-electron chi connectivity index (χ3n) is 8.71. The van der Waals surface area contributed by atoms with Gasteiger partial charge in [-0.1, -0.05) is 55.8 Å². The van der Waals surface area contributed by atoms with Gasteiger partial charge >= 0.3 is 6.09 Å². The number of nitriles is 1. The molecule has 3 fully saturated rings. The number of rotatable bonds is 3. The lowest BCUT2D eigenvalue weighted by Gasteiger charge is -2.37. The van der Waals surface area contributed by atoms with Gasteiger partial charge in [0.25, 0.3) is 0 Å². The van der Waals surface area contributed by atoms with Gasteiger partial charge in [0.15, 0.2) is 0 Å². The first-order valence-corrected chi connectivity index (χ1v) is 17.8. The number of alkyl halides is 1. The van der Waals surface area contributed by atoms with E-state index in [9.17, 15) is 9.18 Å². The van der Waals surface area contributed by atoms with Crippen molar-refractivity contribution in [3.8, 4) is 23.1 Å². The van der Waals surface area contributed by atoms with Gasteiger partial charge in [-0.3, -0.25) is 9.88 Å². The number of piperazine rings is 1. The lowest BCUT2D eigenvalue weighted by molar-refractivity contribution is 0.0240. The third-order valence-corrected chi connectivity index (χ3v) is 9.02. The molecule has 1 amide bonds. The van der Waals surface area contributed by atoms with Gasteiger partial charge in [-0.05, 0) is 69.7 Å². The van der Waals surface area contributed by atoms with Crippen LogP contribution in [0.4, 0.5) is 14.9 Å². The molecular weight excluding hydrogens is 655 g/mol. The molecule has 9 nitrogen and oxygen atoms in total. The van der Waals surface area contributed by atoms with Crippen LogP contribution in [0.2, 0.25) is 5.02 Å². The quantitative estimate of drug-likeness (QED) is 0.209. The predicted molar refractivity (Wildman–Crippen MR) is 201 cm³/mol. The molecule has 4 aromatic rings. The monoisotopic (exact) mass is 704 g/mol. The number of halogens is 2. The van der Waals surface area contributed by atoms with Gasteiger partial charge in [-0.2, -0.15) is 5.26 Å². The molecule has 11 heteroatoms. The second-order valence-electron chi connectivity index (χ2n) is 13.2. The highest BCUT2D eigenvalue weighted by Crippen LogP contribution is 2.36. The molecule has 0 spiro atoms. The smallest absolute Gasteiger partial charge is 0.410 e. The molecule has 0 radical (unpaired) electrons. The number of hydrogen-bond donors (Lipinski definition) is 0. The fourth-order valence-electron chi connectivity index (χ4n) is 6.58. The van der Waals surface area contributed by atoms with Crippen molar-refractivity contribution in [1.29, 1.82) is 5.26 Å². The minimum Gasteiger partial charge on any atom is -0.481 e. The zero-order valence-electron chi connectivity index (χ0n) is 30.4. The fourth-order valence-corrected chi connectivity index (χ4v) is 6.87. The third kappa shape index (κ3) is 9.52. The second-order valence-corrected chi connectivity index (χ2v) is 13.6. The Bertz CT molecular complexity index is 1770. The standard InChI is InChI=1S/C28H29ClN4O3.C7H12FN.C2H3N.C2H6/c1-28(2,3)36-27(34)33-13-11-32(12-14-33)23-16-24(35-4)31-22-15-19(17-30-26(22)23)20-9-5-7-18-8-6-10-21(29)25(18)20;8-6-4-7-2-1-3-9(7)5-6;1-2-3;1-2/h5-10,15-17H,11-14H2,1-4H3;6-7H,1-5H2;1H3;1-2H3. The van der Waals surface area contributed by atoms with Crippen molar-refractivity contribution in [2.45, 2.75) is 78.6 Å². The van der Waals surface area contributed by atoms with E-state index >= 15 is 0 Å². The average Bonchev–Trinajstić information content (AvgIpc) is 3.69. The van der Waals surface area contributed by atoms with E-state index in [-0.39, 0.29) is 6.09 Å². The van der Waals surface area contributed by atoms with Crippen LogP contribution >= 0.6 is 11.6 Å². The van der Waals surface area contributed by atoms with E-state index < -0.39 is 11.8 Å². The van der Waals surface area contributed by atoms with E-state index in [0.29, 0.717) is 49.7 Å². The van der Waals surface area contributed by atoms with Crippen molar-refractivity contribution < 1.29 is 18.7 Å². The number of nitrogens with zero attached hydrogens (tertiary/aromatic N) is 6. The average molecular weight is 705 g/mol. The summed E-state index contributed by atoms with van der Waals surface area (Å²) >= 11 is 6.57. The van der Waals surface area contributed by atoms with Gasteiger partial charge in [0, 0.05) is 73.9 Å². The predicted octanol–water partition coefficient (Wildman–Crippen LogP) is 8.92. The van der Waals surface area contributed by atoms with Crippen LogP contribution in [-0.2, 0) is 4.74 Å². The van der Waals surface area contributed by atoms with Gasteiger partial charge in [0.1, 0.15) is 17.3 Å². The van der Waals surface area contributed by atoms with Crippen LogP contribution in [0.1, 0.15) is 60.8 Å². The number of pyridine rings is 2. The lowest BCUT2D eigenvalue weighted by Crippen LogP contribution is -2.50. The Morgan fingerprint density at radius 2 is 1.74 bits per heavy atom. The largest absolute Gasteiger partial charge is 0.481 e. The van der Waals surface area contributed by atoms with Crippen molar-refractivity contribution in [3.63, 3.8) is 0 Å². The number of amides is 1. The summed E-state index contributed by atoms with van der Waals surface area (Å²) in [6.45, 7) is 15.4. The molecular formula is C39H50ClFN6O3. The molecule has 7 rings (SSSR count). The SMILES string of the molecule is CC.CC#N.COc1cc(N2CCN(C(=O)OC(C)(C)C)CC2)c2ncc(-c3cccc4cccc(Cl)c34)cc2n1.FC1CC2CCCN2C1. The van der Waals surface area contributed by atoms with E-state index in [1.54, 1.807) is 18.1 Å². The van der Waals surface area contributed by atoms with Gasteiger partial charge in [0.2, 0.25) is 5.88 Å². The highest BCUT2D eigenvalue weighted by atomic mass is 35.5. The number of carbonyl (C=O) groups is 1. The summed E-state index contributed by atoms with van der Waals surface area (Å²) in [5, 5.41) is 10.1. The molecule has 50 heavy (non-hydrogen) atoms. The van der Waals surface area contributed by atoms with E-state index in [1.807, 2.05) is 77.2 Å². The Labute approximate surface area is 300 Å². The summed E-state index contributed by atoms with van der Waals surface area (Å²) in [5.41, 5.74) is 3.88. The first kappa shape index (κ1) is 38.6. The van der Waals surface area contributed by atoms with Gasteiger partial charge < -0.3 is 19.3 Å². The number of carbonyl (C=O) groups excluding carboxylic acids is 1. The van der Waals surface area contributed by atoms with Crippen molar-refractivity contribution >= 4 is 45.2 Å². The molecule has 3 aliphatic heterocycles. The Morgan fingerprint density at radius 3 is 2.38 bits per heavy atom. The van der Waals surface area contributed by atoms with E-state index in [4.69, 9.17) is 36.3 Å². The summed E-state index contributed by atoms with van der Waals surface area (Å²) in [4.78, 5) is 28.3. The zero-order valence-corrected chi connectivity index (χ0v) is 31.1. The number of benzene rings is 2. The number of aromatic nitrogens is 2. The maximum atomic E-state index is 12.6. The molecule has 2 aromatic carbocycles. The van der Waals surface area contributed by atoms with E-state index in [2.05, 4.69) is 21.9 Å².